The van der Waals surface area contributed by atoms with Crippen molar-refractivity contribution in [2.24, 2.45) is 0 Å². The number of aryl methyl sites for hydroxylation is 1. The van der Waals surface area contributed by atoms with E-state index in [0.717, 1.165) is 36.1 Å². The van der Waals surface area contributed by atoms with Gasteiger partial charge in [0, 0.05) is 36.6 Å². The third kappa shape index (κ3) is 4.20. The predicted octanol–water partition coefficient (Wildman–Crippen LogP) is 3.42. The molecule has 0 aliphatic carbocycles. The Labute approximate surface area is 192 Å². The average molecular weight is 443 g/mol. The number of carbonyl (C=O) groups excluding carboxylic acids is 2. The fraction of sp³-hybridized carbons (Fsp3) is 0.360. The normalized spacial score (nSPS) is 18.2. The topological polar surface area (TPSA) is 92.2 Å². The fourth-order valence-corrected chi connectivity index (χ4v) is 4.68. The smallest absolute Gasteiger partial charge is 0.274 e. The summed E-state index contributed by atoms with van der Waals surface area (Å²) in [6.45, 7) is 3.06. The highest BCUT2D eigenvalue weighted by atomic mass is 16.2. The zero-order valence-corrected chi connectivity index (χ0v) is 18.6. The Morgan fingerprint density at radius 2 is 1.94 bits per heavy atom. The van der Waals surface area contributed by atoms with Gasteiger partial charge in [0.2, 0.25) is 5.91 Å². The van der Waals surface area contributed by atoms with Crippen molar-refractivity contribution in [3.63, 3.8) is 0 Å². The van der Waals surface area contributed by atoms with Gasteiger partial charge in [0.05, 0.1) is 18.8 Å². The molecule has 2 amide bonds. The van der Waals surface area contributed by atoms with E-state index in [1.54, 1.807) is 16.0 Å². The van der Waals surface area contributed by atoms with Crippen LogP contribution in [0.1, 0.15) is 64.9 Å². The first-order valence-electron chi connectivity index (χ1n) is 11.4. The number of nitrogens with zero attached hydrogens (tertiary/aromatic N) is 6. The molecule has 1 saturated heterocycles. The number of aromatic nitrogens is 4. The van der Waals surface area contributed by atoms with Gasteiger partial charge in [-0.05, 0) is 38.2 Å². The zero-order valence-electron chi connectivity index (χ0n) is 18.6. The molecule has 0 N–H and O–H groups in total. The van der Waals surface area contributed by atoms with Crippen molar-refractivity contribution in [2.45, 2.75) is 51.6 Å². The number of anilines is 1. The van der Waals surface area contributed by atoms with Crippen LogP contribution in [0.3, 0.4) is 0 Å². The minimum Gasteiger partial charge on any atom is -0.327 e. The van der Waals surface area contributed by atoms with Crippen LogP contribution in [0.4, 0.5) is 5.82 Å². The molecule has 2 aliphatic rings. The second-order valence-corrected chi connectivity index (χ2v) is 8.54. The minimum absolute atomic E-state index is 0.0616. The van der Waals surface area contributed by atoms with E-state index >= 15 is 0 Å². The summed E-state index contributed by atoms with van der Waals surface area (Å²) in [5, 5.41) is 0. The van der Waals surface area contributed by atoms with Gasteiger partial charge in [-0.25, -0.2) is 15.0 Å². The highest BCUT2D eigenvalue weighted by Crippen LogP contribution is 2.35. The summed E-state index contributed by atoms with van der Waals surface area (Å²) in [6.07, 6.45) is 8.34. The van der Waals surface area contributed by atoms with E-state index in [1.165, 1.54) is 12.4 Å². The summed E-state index contributed by atoms with van der Waals surface area (Å²) in [6, 6.07) is 9.68. The third-order valence-electron chi connectivity index (χ3n) is 6.38. The molecule has 4 heterocycles. The van der Waals surface area contributed by atoms with E-state index in [4.69, 9.17) is 9.97 Å². The first kappa shape index (κ1) is 21.2. The lowest BCUT2D eigenvalue weighted by atomic mass is 9.99. The van der Waals surface area contributed by atoms with Gasteiger partial charge in [0.25, 0.3) is 5.91 Å². The van der Waals surface area contributed by atoms with Crippen molar-refractivity contribution in [2.75, 3.05) is 11.4 Å². The van der Waals surface area contributed by atoms with Gasteiger partial charge in [0.1, 0.15) is 11.5 Å². The Hall–Kier alpha value is -3.68. The lowest BCUT2D eigenvalue weighted by Crippen LogP contribution is -2.41. The van der Waals surface area contributed by atoms with E-state index in [9.17, 15) is 9.59 Å². The molecule has 33 heavy (non-hydrogen) atoms. The van der Waals surface area contributed by atoms with E-state index < -0.39 is 0 Å². The fourth-order valence-electron chi connectivity index (χ4n) is 4.68. The monoisotopic (exact) mass is 442 g/mol. The van der Waals surface area contributed by atoms with Crippen LogP contribution in [0.5, 0.6) is 0 Å². The molecule has 0 radical (unpaired) electrons. The molecule has 1 aromatic carbocycles. The van der Waals surface area contributed by atoms with Crippen molar-refractivity contribution in [3.05, 3.63) is 77.3 Å². The molecule has 0 saturated carbocycles. The standard InChI is InChI=1S/C25H26N6O2/c1-17-19-10-11-22(32)31(16-18-7-3-2-4-8-18)24(19)29-23(28-17)21-9-5-6-14-30(21)25(33)20-15-26-12-13-27-20/h2-4,7-8,12-13,15,21H,5-6,9-11,14,16H2,1H3/t21-/m0/s1. The highest BCUT2D eigenvalue weighted by Gasteiger charge is 2.34. The van der Waals surface area contributed by atoms with Crippen LogP contribution in [0, 0.1) is 6.92 Å². The van der Waals surface area contributed by atoms with E-state index in [2.05, 4.69) is 9.97 Å². The number of likely N-dealkylation sites (tertiary alicyclic amines) is 1. The summed E-state index contributed by atoms with van der Waals surface area (Å²) < 4.78 is 0. The van der Waals surface area contributed by atoms with Gasteiger partial charge in [0.15, 0.2) is 5.82 Å². The lowest BCUT2D eigenvalue weighted by molar-refractivity contribution is -0.119. The van der Waals surface area contributed by atoms with Crippen molar-refractivity contribution < 1.29 is 9.59 Å². The second-order valence-electron chi connectivity index (χ2n) is 8.54. The molecule has 1 atom stereocenters. The van der Waals surface area contributed by atoms with E-state index in [0.29, 0.717) is 43.3 Å². The Morgan fingerprint density at radius 3 is 2.73 bits per heavy atom. The number of benzene rings is 1. The molecule has 8 nitrogen and oxygen atoms in total. The zero-order chi connectivity index (χ0) is 22.8. The summed E-state index contributed by atoms with van der Waals surface area (Å²) in [7, 11) is 0. The van der Waals surface area contributed by atoms with Gasteiger partial charge in [-0.15, -0.1) is 0 Å². The van der Waals surface area contributed by atoms with Crippen LogP contribution in [-0.4, -0.2) is 43.2 Å². The Kier molecular flexibility index (Phi) is 5.81. The number of hydrogen-bond donors (Lipinski definition) is 0. The Bertz CT molecular complexity index is 1170. The van der Waals surface area contributed by atoms with Gasteiger partial charge in [-0.2, -0.15) is 0 Å². The Balaban J connectivity index is 1.51. The van der Waals surface area contributed by atoms with Crippen molar-refractivity contribution in [3.8, 4) is 0 Å². The maximum absolute atomic E-state index is 13.2. The minimum atomic E-state index is -0.257. The predicted molar refractivity (Wildman–Crippen MR) is 122 cm³/mol. The van der Waals surface area contributed by atoms with Crippen molar-refractivity contribution in [1.29, 1.82) is 0 Å². The van der Waals surface area contributed by atoms with Crippen LogP contribution in [0.15, 0.2) is 48.9 Å². The number of hydrogen-bond acceptors (Lipinski definition) is 6. The molecule has 8 heteroatoms. The van der Waals surface area contributed by atoms with Crippen LogP contribution in [-0.2, 0) is 17.8 Å². The number of fused-ring (bicyclic) bond motifs is 1. The van der Waals surface area contributed by atoms with E-state index in [1.807, 2.05) is 37.3 Å². The molecule has 2 aliphatic heterocycles. The van der Waals surface area contributed by atoms with E-state index in [-0.39, 0.29) is 17.9 Å². The maximum atomic E-state index is 13.2. The largest absolute Gasteiger partial charge is 0.327 e. The SMILES string of the molecule is Cc1nc([C@@H]2CCCCN2C(=O)c2cnccn2)nc2c1CCC(=O)N2Cc1ccccc1. The van der Waals surface area contributed by atoms with Crippen molar-refractivity contribution in [1.82, 2.24) is 24.8 Å². The van der Waals surface area contributed by atoms with Crippen LogP contribution < -0.4 is 4.90 Å². The summed E-state index contributed by atoms with van der Waals surface area (Å²) in [5.74, 6) is 1.17. The van der Waals surface area contributed by atoms with Gasteiger partial charge >= 0.3 is 0 Å². The number of carbonyl (C=O) groups is 2. The number of piperidine rings is 1. The number of rotatable bonds is 4. The second kappa shape index (κ2) is 9.05. The number of amides is 2. The molecule has 0 spiro atoms. The molecule has 2 aromatic heterocycles. The first-order valence-corrected chi connectivity index (χ1v) is 11.4. The quantitative estimate of drug-likeness (QED) is 0.615. The van der Waals surface area contributed by atoms with Gasteiger partial charge < -0.3 is 4.90 Å². The highest BCUT2D eigenvalue weighted by molar-refractivity contribution is 5.95. The van der Waals surface area contributed by atoms with Gasteiger partial charge in [-0.1, -0.05) is 30.3 Å². The molecule has 0 unspecified atom stereocenters. The molecular weight excluding hydrogens is 416 g/mol. The van der Waals surface area contributed by atoms with Crippen LogP contribution >= 0.6 is 0 Å². The molecule has 3 aromatic rings. The third-order valence-corrected chi connectivity index (χ3v) is 6.38. The van der Waals surface area contributed by atoms with Gasteiger partial charge in [-0.3, -0.25) is 19.5 Å². The Morgan fingerprint density at radius 1 is 1.09 bits per heavy atom. The molecule has 0 bridgehead atoms. The summed E-state index contributed by atoms with van der Waals surface area (Å²) >= 11 is 0. The molecule has 5 rings (SSSR count). The van der Waals surface area contributed by atoms with Crippen molar-refractivity contribution >= 4 is 17.6 Å². The molecule has 168 valence electrons. The summed E-state index contributed by atoms with van der Waals surface area (Å²) in [5.41, 5.74) is 3.25. The lowest BCUT2D eigenvalue weighted by Gasteiger charge is -2.36. The summed E-state index contributed by atoms with van der Waals surface area (Å²) in [4.78, 5) is 47.7. The first-order chi connectivity index (χ1) is 16.1. The maximum Gasteiger partial charge on any atom is 0.274 e. The van der Waals surface area contributed by atoms with Crippen LogP contribution in [0.2, 0.25) is 0 Å². The molecular formula is C25H26N6O2. The molecule has 1 fully saturated rings. The van der Waals surface area contributed by atoms with Crippen LogP contribution in [0.25, 0.3) is 0 Å². The average Bonchev–Trinajstić information content (AvgIpc) is 2.86.